The number of carbonyl (C=O) groups excluding carboxylic acids is 1. The Hall–Kier alpha value is -1.43. The molecule has 0 saturated heterocycles. The Bertz CT molecular complexity index is 885. The van der Waals surface area contributed by atoms with Gasteiger partial charge in [-0.2, -0.15) is 0 Å². The average Bonchev–Trinajstić information content (AvgIpc) is 3.22. The maximum absolute atomic E-state index is 12.5. The molecule has 0 aromatic rings. The van der Waals surface area contributed by atoms with Crippen LogP contribution in [0, 0.1) is 0 Å². The number of carbonyl (C=O) groups is 1. The first-order valence-electron chi connectivity index (χ1n) is 25.3. The molecule has 0 aliphatic carbocycles. The molecule has 0 radical (unpaired) electrons. The minimum absolute atomic E-state index is 0.363. The molecule has 0 aliphatic rings. The lowest BCUT2D eigenvalue weighted by Gasteiger charge is -2.21. The third-order valence-corrected chi connectivity index (χ3v) is 11.7. The normalized spacial score (nSPS) is 13.7. The van der Waals surface area contributed by atoms with E-state index in [1.807, 2.05) is 6.08 Å². The van der Waals surface area contributed by atoms with Crippen molar-refractivity contribution in [3.05, 3.63) is 36.5 Å². The lowest BCUT2D eigenvalue weighted by molar-refractivity contribution is -0.131. The summed E-state index contributed by atoms with van der Waals surface area (Å²) in [6.07, 6.45) is 60.5. The molecule has 0 aromatic heterocycles. The number of aliphatic hydroxyl groups is 3. The van der Waals surface area contributed by atoms with Crippen LogP contribution < -0.4 is 5.32 Å². The van der Waals surface area contributed by atoms with Crippen molar-refractivity contribution in [3.8, 4) is 0 Å². The van der Waals surface area contributed by atoms with Gasteiger partial charge in [0, 0.05) is 0 Å². The fourth-order valence-corrected chi connectivity index (χ4v) is 7.75. The van der Waals surface area contributed by atoms with E-state index in [-0.39, 0.29) is 6.61 Å². The third kappa shape index (κ3) is 42.5. The SMILES string of the molecule is CCCCCCCCCCC/C=C\C/C=C\CCCCCCCCCCCCCCC(O)C(=O)NC(CO)C(O)/C=C/CCCCCCCCCCCCCCC. The number of allylic oxidation sites excluding steroid dienone is 5. The molecule has 3 atom stereocenters. The standard InChI is InChI=1S/C52H99NO4/c1-3-5-7-9-11-13-15-17-19-20-21-22-23-24-25-26-27-28-29-30-31-33-35-37-39-41-43-45-47-51(56)52(57)53-49(48-54)50(55)46-44-42-40-38-36-34-32-18-16-14-12-10-8-6-4-2/h21-22,24-25,44,46,49-51,54-56H,3-20,23,26-43,45,47-48H2,1-2H3,(H,53,57)/b22-21-,25-24-,46-44+. The van der Waals surface area contributed by atoms with Gasteiger partial charge in [-0.3, -0.25) is 4.79 Å². The molecule has 0 aliphatic heterocycles. The summed E-state index contributed by atoms with van der Waals surface area (Å²) in [6, 6.07) is -0.797. The molecule has 336 valence electrons. The van der Waals surface area contributed by atoms with Crippen LogP contribution in [0.3, 0.4) is 0 Å². The molecular formula is C52H99NO4. The second-order valence-corrected chi connectivity index (χ2v) is 17.4. The number of hydrogen-bond acceptors (Lipinski definition) is 4. The minimum atomic E-state index is -1.10. The fraction of sp³-hybridized carbons (Fsp3) is 0.865. The molecule has 3 unspecified atom stereocenters. The van der Waals surface area contributed by atoms with Gasteiger partial charge in [-0.25, -0.2) is 0 Å². The van der Waals surface area contributed by atoms with Gasteiger partial charge in [-0.1, -0.05) is 249 Å². The number of unbranched alkanes of at least 4 members (excludes halogenated alkanes) is 34. The van der Waals surface area contributed by atoms with E-state index in [9.17, 15) is 20.1 Å². The van der Waals surface area contributed by atoms with Crippen molar-refractivity contribution >= 4 is 5.91 Å². The second-order valence-electron chi connectivity index (χ2n) is 17.4. The maximum Gasteiger partial charge on any atom is 0.249 e. The summed E-state index contributed by atoms with van der Waals surface area (Å²) in [5.74, 6) is -0.503. The van der Waals surface area contributed by atoms with Gasteiger partial charge in [0.15, 0.2) is 0 Å². The zero-order valence-corrected chi connectivity index (χ0v) is 38.2. The Morgan fingerprint density at radius 1 is 0.439 bits per heavy atom. The molecule has 57 heavy (non-hydrogen) atoms. The highest BCUT2D eigenvalue weighted by Gasteiger charge is 2.22. The predicted octanol–water partition coefficient (Wildman–Crippen LogP) is 15.1. The summed E-state index contributed by atoms with van der Waals surface area (Å²) in [5, 5.41) is 33.2. The maximum atomic E-state index is 12.5. The van der Waals surface area contributed by atoms with Crippen molar-refractivity contribution in [2.24, 2.45) is 0 Å². The lowest BCUT2D eigenvalue weighted by Crippen LogP contribution is -2.48. The Kier molecular flexibility index (Phi) is 46.1. The quantitative estimate of drug-likeness (QED) is 0.0365. The average molecular weight is 802 g/mol. The molecule has 0 saturated carbocycles. The molecule has 0 rings (SSSR count). The zero-order valence-electron chi connectivity index (χ0n) is 38.2. The monoisotopic (exact) mass is 802 g/mol. The minimum Gasteiger partial charge on any atom is -0.394 e. The highest BCUT2D eigenvalue weighted by molar-refractivity contribution is 5.80. The van der Waals surface area contributed by atoms with E-state index in [1.54, 1.807) is 6.08 Å². The van der Waals surface area contributed by atoms with Gasteiger partial charge in [-0.15, -0.1) is 0 Å². The smallest absolute Gasteiger partial charge is 0.249 e. The summed E-state index contributed by atoms with van der Waals surface area (Å²) < 4.78 is 0. The molecular weight excluding hydrogens is 703 g/mol. The number of rotatable bonds is 46. The van der Waals surface area contributed by atoms with Crippen LogP contribution in [0.1, 0.15) is 264 Å². The summed E-state index contributed by atoms with van der Waals surface area (Å²) in [6.45, 7) is 4.19. The molecule has 5 heteroatoms. The van der Waals surface area contributed by atoms with E-state index in [0.29, 0.717) is 6.42 Å². The predicted molar refractivity (Wildman–Crippen MR) is 250 cm³/mol. The van der Waals surface area contributed by atoms with Gasteiger partial charge in [-0.05, 0) is 51.4 Å². The molecule has 5 nitrogen and oxygen atoms in total. The zero-order chi connectivity index (χ0) is 41.5. The van der Waals surface area contributed by atoms with Crippen molar-refractivity contribution in [3.63, 3.8) is 0 Å². The van der Waals surface area contributed by atoms with E-state index >= 15 is 0 Å². The Labute approximate surface area is 355 Å². The molecule has 4 N–H and O–H groups in total. The fourth-order valence-electron chi connectivity index (χ4n) is 7.75. The summed E-state index contributed by atoms with van der Waals surface area (Å²) >= 11 is 0. The van der Waals surface area contributed by atoms with Crippen LogP contribution in [0.25, 0.3) is 0 Å². The first-order valence-corrected chi connectivity index (χ1v) is 25.3. The summed E-state index contributed by atoms with van der Waals surface area (Å²) in [4.78, 5) is 12.5. The van der Waals surface area contributed by atoms with E-state index < -0.39 is 24.2 Å². The van der Waals surface area contributed by atoms with E-state index in [4.69, 9.17) is 0 Å². The van der Waals surface area contributed by atoms with Crippen LogP contribution in [-0.2, 0) is 4.79 Å². The second kappa shape index (κ2) is 47.3. The molecule has 1 amide bonds. The van der Waals surface area contributed by atoms with Gasteiger partial charge < -0.3 is 20.6 Å². The van der Waals surface area contributed by atoms with Crippen molar-refractivity contribution in [2.45, 2.75) is 283 Å². The lowest BCUT2D eigenvalue weighted by atomic mass is 10.0. The van der Waals surface area contributed by atoms with Crippen LogP contribution in [0.2, 0.25) is 0 Å². The summed E-state index contributed by atoms with van der Waals surface area (Å²) in [7, 11) is 0. The van der Waals surface area contributed by atoms with Gasteiger partial charge in [0.1, 0.15) is 6.10 Å². The highest BCUT2D eigenvalue weighted by Crippen LogP contribution is 2.16. The Morgan fingerprint density at radius 3 is 1.11 bits per heavy atom. The third-order valence-electron chi connectivity index (χ3n) is 11.7. The number of amides is 1. The van der Waals surface area contributed by atoms with Gasteiger partial charge >= 0.3 is 0 Å². The van der Waals surface area contributed by atoms with Gasteiger partial charge in [0.05, 0.1) is 18.8 Å². The summed E-state index contributed by atoms with van der Waals surface area (Å²) in [5.41, 5.74) is 0. The van der Waals surface area contributed by atoms with Crippen molar-refractivity contribution < 1.29 is 20.1 Å². The van der Waals surface area contributed by atoms with E-state index in [0.717, 1.165) is 38.5 Å². The molecule has 0 aromatic carbocycles. The van der Waals surface area contributed by atoms with Crippen molar-refractivity contribution in [2.75, 3.05) is 6.61 Å². The first-order chi connectivity index (χ1) is 28.1. The molecule has 0 spiro atoms. The molecule has 0 bridgehead atoms. The molecule has 0 heterocycles. The van der Waals surface area contributed by atoms with Crippen LogP contribution in [0.4, 0.5) is 0 Å². The van der Waals surface area contributed by atoms with Gasteiger partial charge in [0.25, 0.3) is 0 Å². The Morgan fingerprint density at radius 2 is 0.754 bits per heavy atom. The van der Waals surface area contributed by atoms with Crippen LogP contribution in [0.15, 0.2) is 36.5 Å². The number of aliphatic hydroxyl groups excluding tert-OH is 3. The van der Waals surface area contributed by atoms with Gasteiger partial charge in [0.2, 0.25) is 5.91 Å². The van der Waals surface area contributed by atoms with Crippen LogP contribution in [0.5, 0.6) is 0 Å². The first kappa shape index (κ1) is 55.6. The highest BCUT2D eigenvalue weighted by atomic mass is 16.3. The Balaban J connectivity index is 3.59. The van der Waals surface area contributed by atoms with Crippen LogP contribution >= 0.6 is 0 Å². The molecule has 0 fully saturated rings. The van der Waals surface area contributed by atoms with Crippen molar-refractivity contribution in [1.82, 2.24) is 5.32 Å². The van der Waals surface area contributed by atoms with E-state index in [2.05, 4.69) is 43.5 Å². The largest absolute Gasteiger partial charge is 0.394 e. The number of nitrogens with one attached hydrogen (secondary N) is 1. The van der Waals surface area contributed by atoms with E-state index in [1.165, 1.54) is 205 Å². The van der Waals surface area contributed by atoms with Crippen molar-refractivity contribution in [1.29, 1.82) is 0 Å². The van der Waals surface area contributed by atoms with Crippen LogP contribution in [-0.4, -0.2) is 46.1 Å². The number of hydrogen-bond donors (Lipinski definition) is 4. The topological polar surface area (TPSA) is 89.8 Å².